The summed E-state index contributed by atoms with van der Waals surface area (Å²) < 4.78 is 5.11. The second-order valence-corrected chi connectivity index (χ2v) is 9.48. The van der Waals surface area contributed by atoms with Crippen molar-refractivity contribution in [1.29, 1.82) is 0 Å². The van der Waals surface area contributed by atoms with Crippen LogP contribution in [0.5, 0.6) is 0 Å². The molecule has 2 bridgehead atoms. The van der Waals surface area contributed by atoms with Crippen LogP contribution in [0.4, 0.5) is 0 Å². The number of nitrogens with zero attached hydrogens (tertiary/aromatic N) is 2. The molecule has 2 aromatic rings. The molecule has 27 heavy (non-hydrogen) atoms. The Morgan fingerprint density at radius 2 is 2.15 bits per heavy atom. The molecule has 0 N–H and O–H groups in total. The minimum absolute atomic E-state index is 0.328. The van der Waals surface area contributed by atoms with E-state index < -0.39 is 0 Å². The first-order valence-corrected chi connectivity index (χ1v) is 11.1. The van der Waals surface area contributed by atoms with Crippen molar-refractivity contribution in [3.8, 4) is 0 Å². The second-order valence-electron chi connectivity index (χ2n) is 8.50. The standard InChI is InChI=1S/C22H26N2O2S/c1-14-5-3-4-6-18(14)19-10-22(19)9-17-7-8-20(22)24(17)21(25)13-27-12-16-11-23-26-15(16)2/h3-6,11,17,19-20H,7-10,12-13H2,1-2H3. The summed E-state index contributed by atoms with van der Waals surface area (Å²) in [7, 11) is 0. The van der Waals surface area contributed by atoms with Gasteiger partial charge in [-0.3, -0.25) is 4.79 Å². The third-order valence-corrected chi connectivity index (χ3v) is 8.05. The maximum absolute atomic E-state index is 13.0. The summed E-state index contributed by atoms with van der Waals surface area (Å²) in [5.74, 6) is 3.18. The molecular formula is C22H26N2O2S. The van der Waals surface area contributed by atoms with Crippen LogP contribution in [-0.4, -0.2) is 33.8 Å². The van der Waals surface area contributed by atoms with E-state index >= 15 is 0 Å². The van der Waals surface area contributed by atoms with Crippen molar-refractivity contribution in [1.82, 2.24) is 10.1 Å². The molecule has 2 aliphatic heterocycles. The van der Waals surface area contributed by atoms with Crippen molar-refractivity contribution in [2.24, 2.45) is 5.41 Å². The largest absolute Gasteiger partial charge is 0.361 e. The zero-order chi connectivity index (χ0) is 18.6. The van der Waals surface area contributed by atoms with Crippen molar-refractivity contribution in [3.05, 3.63) is 52.9 Å². The lowest BCUT2D eigenvalue weighted by atomic mass is 9.82. The van der Waals surface area contributed by atoms with Gasteiger partial charge in [0, 0.05) is 28.8 Å². The van der Waals surface area contributed by atoms with Crippen molar-refractivity contribution < 1.29 is 9.32 Å². The van der Waals surface area contributed by atoms with Crippen LogP contribution < -0.4 is 0 Å². The number of thioether (sulfide) groups is 1. The molecular weight excluding hydrogens is 356 g/mol. The fraction of sp³-hybridized carbons (Fsp3) is 0.545. The summed E-state index contributed by atoms with van der Waals surface area (Å²) in [4.78, 5) is 15.3. The molecule has 3 fully saturated rings. The van der Waals surface area contributed by atoms with Gasteiger partial charge in [-0.2, -0.15) is 0 Å². The summed E-state index contributed by atoms with van der Waals surface area (Å²) in [6.07, 6.45) is 6.61. The smallest absolute Gasteiger partial charge is 0.233 e. The van der Waals surface area contributed by atoms with Crippen molar-refractivity contribution in [2.75, 3.05) is 5.75 Å². The molecule has 5 rings (SSSR count). The zero-order valence-corrected chi connectivity index (χ0v) is 16.8. The quantitative estimate of drug-likeness (QED) is 0.766. The van der Waals surface area contributed by atoms with Crippen LogP contribution in [-0.2, 0) is 10.5 Å². The average Bonchev–Trinajstić information content (AvgIpc) is 2.97. The van der Waals surface area contributed by atoms with E-state index in [1.165, 1.54) is 36.8 Å². The third-order valence-electron chi connectivity index (χ3n) is 7.09. The van der Waals surface area contributed by atoms with E-state index in [9.17, 15) is 4.79 Å². The van der Waals surface area contributed by atoms with Crippen LogP contribution in [0.15, 0.2) is 35.0 Å². The predicted octanol–water partition coefficient (Wildman–Crippen LogP) is 4.46. The lowest BCUT2D eigenvalue weighted by Gasteiger charge is -2.25. The number of aromatic nitrogens is 1. The number of rotatable bonds is 5. The molecule has 0 radical (unpaired) electrons. The molecule has 3 aliphatic rings. The lowest BCUT2D eigenvalue weighted by molar-refractivity contribution is -0.129. The molecule has 4 atom stereocenters. The number of carbonyl (C=O) groups excluding carboxylic acids is 1. The number of carbonyl (C=O) groups is 1. The molecule has 2 saturated heterocycles. The molecule has 1 aliphatic carbocycles. The molecule has 5 heteroatoms. The Morgan fingerprint density at radius 1 is 1.30 bits per heavy atom. The SMILES string of the molecule is Cc1ccccc1C1CC12CC1CCC2N1C(=O)CSCc1cnoc1C. The van der Waals surface area contributed by atoms with Crippen LogP contribution in [0.2, 0.25) is 0 Å². The van der Waals surface area contributed by atoms with Gasteiger partial charge in [0.1, 0.15) is 5.76 Å². The van der Waals surface area contributed by atoms with Crippen molar-refractivity contribution in [2.45, 2.75) is 63.3 Å². The Kier molecular flexibility index (Phi) is 4.12. The third kappa shape index (κ3) is 2.74. The highest BCUT2D eigenvalue weighted by molar-refractivity contribution is 7.99. The summed E-state index contributed by atoms with van der Waals surface area (Å²) in [5, 5.41) is 3.82. The molecule has 3 heterocycles. The molecule has 1 amide bonds. The number of hydrogen-bond donors (Lipinski definition) is 0. The summed E-state index contributed by atoms with van der Waals surface area (Å²) in [5.41, 5.74) is 4.37. The molecule has 1 aromatic carbocycles. The monoisotopic (exact) mass is 382 g/mol. The Hall–Kier alpha value is -1.75. The van der Waals surface area contributed by atoms with Gasteiger partial charge in [0.25, 0.3) is 0 Å². The first kappa shape index (κ1) is 17.4. The van der Waals surface area contributed by atoms with Gasteiger partial charge in [-0.1, -0.05) is 29.4 Å². The number of aryl methyl sites for hydroxylation is 2. The van der Waals surface area contributed by atoms with E-state index in [0.29, 0.717) is 35.1 Å². The van der Waals surface area contributed by atoms with Gasteiger partial charge >= 0.3 is 0 Å². The van der Waals surface area contributed by atoms with Crippen LogP contribution >= 0.6 is 11.8 Å². The van der Waals surface area contributed by atoms with Gasteiger partial charge in [-0.25, -0.2) is 0 Å². The fourth-order valence-electron chi connectivity index (χ4n) is 5.69. The van der Waals surface area contributed by atoms with Gasteiger partial charge in [-0.15, -0.1) is 11.8 Å². The van der Waals surface area contributed by atoms with E-state index in [4.69, 9.17) is 4.52 Å². The zero-order valence-electron chi connectivity index (χ0n) is 16.0. The highest BCUT2D eigenvalue weighted by atomic mass is 32.2. The predicted molar refractivity (Wildman–Crippen MR) is 107 cm³/mol. The minimum atomic E-state index is 0.328. The molecule has 1 aromatic heterocycles. The number of hydrogen-bond acceptors (Lipinski definition) is 4. The Morgan fingerprint density at radius 3 is 2.93 bits per heavy atom. The first-order valence-electron chi connectivity index (χ1n) is 9.95. The van der Waals surface area contributed by atoms with E-state index in [1.54, 1.807) is 18.0 Å². The van der Waals surface area contributed by atoms with Gasteiger partial charge in [0.05, 0.1) is 11.9 Å². The maximum Gasteiger partial charge on any atom is 0.233 e. The summed E-state index contributed by atoms with van der Waals surface area (Å²) in [6.45, 7) is 4.15. The molecule has 1 spiro atoms. The van der Waals surface area contributed by atoms with E-state index in [-0.39, 0.29) is 0 Å². The van der Waals surface area contributed by atoms with Gasteiger partial charge in [0.2, 0.25) is 5.91 Å². The Bertz CT molecular complexity index is 879. The van der Waals surface area contributed by atoms with Crippen molar-refractivity contribution >= 4 is 17.7 Å². The van der Waals surface area contributed by atoms with Crippen LogP contribution in [0.25, 0.3) is 0 Å². The van der Waals surface area contributed by atoms with E-state index in [1.807, 2.05) is 6.92 Å². The van der Waals surface area contributed by atoms with Crippen LogP contribution in [0.3, 0.4) is 0 Å². The van der Waals surface area contributed by atoms with Gasteiger partial charge < -0.3 is 9.42 Å². The van der Waals surface area contributed by atoms with Gasteiger partial charge in [0.15, 0.2) is 0 Å². The average molecular weight is 383 g/mol. The van der Waals surface area contributed by atoms with E-state index in [0.717, 1.165) is 17.1 Å². The van der Waals surface area contributed by atoms with Crippen LogP contribution in [0.1, 0.15) is 54.1 Å². The topological polar surface area (TPSA) is 46.3 Å². The van der Waals surface area contributed by atoms with Crippen molar-refractivity contribution in [3.63, 3.8) is 0 Å². The van der Waals surface area contributed by atoms with Crippen LogP contribution in [0, 0.1) is 19.3 Å². The minimum Gasteiger partial charge on any atom is -0.361 e. The highest BCUT2D eigenvalue weighted by Crippen LogP contribution is 2.72. The normalized spacial score (nSPS) is 31.0. The molecule has 1 saturated carbocycles. The number of amides is 1. The second kappa shape index (κ2) is 6.40. The molecule has 4 unspecified atom stereocenters. The van der Waals surface area contributed by atoms with E-state index in [2.05, 4.69) is 41.2 Å². The molecule has 4 nitrogen and oxygen atoms in total. The summed E-state index contributed by atoms with van der Waals surface area (Å²) >= 11 is 1.68. The lowest BCUT2D eigenvalue weighted by Crippen LogP contribution is -2.38. The Balaban J connectivity index is 1.25. The number of benzene rings is 1. The molecule has 142 valence electrons. The summed E-state index contributed by atoms with van der Waals surface area (Å²) in [6, 6.07) is 9.73. The maximum atomic E-state index is 13.0. The fourth-order valence-corrected chi connectivity index (χ4v) is 6.62. The van der Waals surface area contributed by atoms with Gasteiger partial charge in [-0.05, 0) is 56.6 Å². The number of fused-ring (bicyclic) bond motifs is 3. The first-order chi connectivity index (χ1) is 13.1. The highest BCUT2D eigenvalue weighted by Gasteiger charge is 2.69. The Labute approximate surface area is 164 Å².